The lowest BCUT2D eigenvalue weighted by molar-refractivity contribution is -0.117. The van der Waals surface area contributed by atoms with E-state index in [1.165, 1.54) is 4.90 Å². The average Bonchev–Trinajstić information content (AvgIpc) is 2.94. The van der Waals surface area contributed by atoms with Crippen LogP contribution in [0, 0.1) is 18.3 Å². The predicted molar refractivity (Wildman–Crippen MR) is 107 cm³/mol. The number of nitriles is 1. The summed E-state index contributed by atoms with van der Waals surface area (Å²) in [4.78, 5) is 26.3. The molecular weight excluding hydrogens is 382 g/mol. The van der Waals surface area contributed by atoms with Crippen molar-refractivity contribution in [2.75, 3.05) is 4.90 Å². The zero-order valence-electron chi connectivity index (χ0n) is 14.5. The topological polar surface area (TPSA) is 87.2 Å². The molecule has 0 saturated carbocycles. The van der Waals surface area contributed by atoms with Gasteiger partial charge in [-0.1, -0.05) is 59.3 Å². The number of primary amides is 1. The highest BCUT2D eigenvalue weighted by Gasteiger charge is 2.40. The van der Waals surface area contributed by atoms with Crippen molar-refractivity contribution in [3.63, 3.8) is 0 Å². The number of carbonyl (C=O) groups excluding carboxylic acids is 2. The third kappa shape index (κ3) is 3.85. The Hall–Kier alpha value is -2.75. The first-order valence-electron chi connectivity index (χ1n) is 8.17. The highest BCUT2D eigenvalue weighted by atomic mass is 35.5. The minimum Gasteiger partial charge on any atom is -0.365 e. The fourth-order valence-corrected chi connectivity index (χ4v) is 4.31. The van der Waals surface area contributed by atoms with Crippen LogP contribution in [0.25, 0.3) is 0 Å². The van der Waals surface area contributed by atoms with Crippen LogP contribution < -0.4 is 10.6 Å². The number of halogens is 1. The molecule has 2 amide bonds. The third-order valence-electron chi connectivity index (χ3n) is 4.18. The maximum absolute atomic E-state index is 13.1. The molecule has 1 fully saturated rings. The first-order valence-corrected chi connectivity index (χ1v) is 9.43. The van der Waals surface area contributed by atoms with Crippen molar-refractivity contribution in [3.8, 4) is 6.07 Å². The van der Waals surface area contributed by atoms with Gasteiger partial charge in [-0.15, -0.1) is 0 Å². The molecule has 2 aromatic carbocycles. The number of aryl methyl sites for hydroxylation is 1. The average molecular weight is 398 g/mol. The van der Waals surface area contributed by atoms with Crippen LogP contribution in [0.3, 0.4) is 0 Å². The van der Waals surface area contributed by atoms with Crippen LogP contribution in [0.1, 0.15) is 11.1 Å². The van der Waals surface area contributed by atoms with E-state index in [0.717, 1.165) is 22.9 Å². The summed E-state index contributed by atoms with van der Waals surface area (Å²) < 4.78 is 0. The number of hydrogen-bond donors (Lipinski definition) is 1. The zero-order chi connectivity index (χ0) is 19.6. The van der Waals surface area contributed by atoms with Gasteiger partial charge < -0.3 is 5.73 Å². The minimum absolute atomic E-state index is 0.215. The number of nitrogens with two attached hydrogens (primary N) is 1. The van der Waals surface area contributed by atoms with Gasteiger partial charge in [0.2, 0.25) is 5.91 Å². The Kier molecular flexibility index (Phi) is 5.54. The van der Waals surface area contributed by atoms with E-state index < -0.39 is 11.2 Å². The Bertz CT molecular complexity index is 979. The quantitative estimate of drug-likeness (QED) is 0.631. The van der Waals surface area contributed by atoms with E-state index in [1.807, 2.05) is 43.3 Å². The normalized spacial score (nSPS) is 18.3. The Morgan fingerprint density at radius 3 is 2.52 bits per heavy atom. The molecule has 0 aliphatic carbocycles. The number of benzene rings is 2. The van der Waals surface area contributed by atoms with Gasteiger partial charge in [0.05, 0.1) is 5.25 Å². The zero-order valence-corrected chi connectivity index (χ0v) is 16.1. The number of thioether (sulfide) groups is 1. The van der Waals surface area contributed by atoms with E-state index in [0.29, 0.717) is 17.1 Å². The number of anilines is 1. The maximum Gasteiger partial charge on any atom is 0.262 e. The van der Waals surface area contributed by atoms with Gasteiger partial charge in [-0.05, 0) is 37.1 Å². The molecule has 27 heavy (non-hydrogen) atoms. The standard InChI is InChI=1S/C20H16ClN3O2S/c1-12-6-8-14(9-7-12)24-19(26)17(10-13-4-2-3-5-16(13)21)27-20(24)15(11-22)18(23)25/h2-9,17H,10H2,1H3,(H2,23,25)/b20-15+/t17-/m1/s1. The summed E-state index contributed by atoms with van der Waals surface area (Å²) in [5.41, 5.74) is 7.59. The number of rotatable bonds is 4. The van der Waals surface area contributed by atoms with Gasteiger partial charge in [0.25, 0.3) is 5.91 Å². The van der Waals surface area contributed by atoms with Crippen molar-refractivity contribution in [3.05, 3.63) is 75.3 Å². The van der Waals surface area contributed by atoms with E-state index in [1.54, 1.807) is 18.2 Å². The highest BCUT2D eigenvalue weighted by molar-refractivity contribution is 8.05. The smallest absolute Gasteiger partial charge is 0.262 e. The highest BCUT2D eigenvalue weighted by Crippen LogP contribution is 2.42. The van der Waals surface area contributed by atoms with E-state index in [9.17, 15) is 14.9 Å². The van der Waals surface area contributed by atoms with Crippen molar-refractivity contribution in [2.45, 2.75) is 18.6 Å². The minimum atomic E-state index is -0.858. The molecule has 0 spiro atoms. The molecule has 136 valence electrons. The predicted octanol–water partition coefficient (Wildman–Crippen LogP) is 3.56. The molecule has 0 radical (unpaired) electrons. The molecule has 1 saturated heterocycles. The number of carbonyl (C=O) groups is 2. The second-order valence-corrected chi connectivity index (χ2v) is 7.67. The molecule has 1 heterocycles. The third-order valence-corrected chi connectivity index (χ3v) is 5.81. The molecule has 1 atom stereocenters. The van der Waals surface area contributed by atoms with Gasteiger partial charge in [0, 0.05) is 10.7 Å². The molecule has 7 heteroatoms. The first kappa shape index (κ1) is 19.0. The second kappa shape index (κ2) is 7.87. The first-order chi connectivity index (χ1) is 12.9. The van der Waals surface area contributed by atoms with Crippen molar-refractivity contribution in [1.82, 2.24) is 0 Å². The van der Waals surface area contributed by atoms with Crippen LogP contribution in [0.4, 0.5) is 5.69 Å². The summed E-state index contributed by atoms with van der Waals surface area (Å²) in [6, 6.07) is 16.4. The van der Waals surface area contributed by atoms with Crippen molar-refractivity contribution in [1.29, 1.82) is 5.26 Å². The molecule has 2 aromatic rings. The lowest BCUT2D eigenvalue weighted by Gasteiger charge is -2.18. The van der Waals surface area contributed by atoms with Crippen molar-refractivity contribution < 1.29 is 9.59 Å². The summed E-state index contributed by atoms with van der Waals surface area (Å²) >= 11 is 7.39. The summed E-state index contributed by atoms with van der Waals surface area (Å²) in [5.74, 6) is -1.07. The molecule has 3 rings (SSSR count). The monoisotopic (exact) mass is 397 g/mol. The number of nitrogens with zero attached hydrogens (tertiary/aromatic N) is 2. The Morgan fingerprint density at radius 2 is 1.93 bits per heavy atom. The van der Waals surface area contributed by atoms with Crippen LogP contribution in [-0.4, -0.2) is 17.1 Å². The van der Waals surface area contributed by atoms with Gasteiger partial charge in [-0.3, -0.25) is 14.5 Å². The lowest BCUT2D eigenvalue weighted by atomic mass is 10.1. The number of amides is 2. The molecule has 0 unspecified atom stereocenters. The van der Waals surface area contributed by atoms with Crippen LogP contribution in [0.15, 0.2) is 59.1 Å². The summed E-state index contributed by atoms with van der Waals surface area (Å²) in [5, 5.41) is 9.71. The molecule has 2 N–H and O–H groups in total. The van der Waals surface area contributed by atoms with E-state index in [2.05, 4.69) is 0 Å². The van der Waals surface area contributed by atoms with Crippen molar-refractivity contribution in [2.24, 2.45) is 5.73 Å². The Labute approximate surface area is 166 Å². The van der Waals surface area contributed by atoms with E-state index in [4.69, 9.17) is 17.3 Å². The second-order valence-electron chi connectivity index (χ2n) is 6.07. The van der Waals surface area contributed by atoms with Gasteiger partial charge >= 0.3 is 0 Å². The Morgan fingerprint density at radius 1 is 1.26 bits per heavy atom. The van der Waals surface area contributed by atoms with Crippen LogP contribution >= 0.6 is 23.4 Å². The van der Waals surface area contributed by atoms with Gasteiger partial charge in [0.15, 0.2) is 0 Å². The molecular formula is C20H16ClN3O2S. The summed E-state index contributed by atoms with van der Waals surface area (Å²) in [7, 11) is 0. The summed E-state index contributed by atoms with van der Waals surface area (Å²) in [6.45, 7) is 1.94. The molecule has 0 aromatic heterocycles. The van der Waals surface area contributed by atoms with Crippen LogP contribution in [-0.2, 0) is 16.0 Å². The molecule has 0 bridgehead atoms. The fraction of sp³-hybridized carbons (Fsp3) is 0.150. The Balaban J connectivity index is 2.05. The van der Waals surface area contributed by atoms with Crippen molar-refractivity contribution >= 4 is 40.9 Å². The van der Waals surface area contributed by atoms with Crippen LogP contribution in [0.2, 0.25) is 5.02 Å². The van der Waals surface area contributed by atoms with Crippen LogP contribution in [0.5, 0.6) is 0 Å². The number of hydrogen-bond acceptors (Lipinski definition) is 4. The van der Waals surface area contributed by atoms with Gasteiger partial charge in [0.1, 0.15) is 16.7 Å². The van der Waals surface area contributed by atoms with Gasteiger partial charge in [-0.2, -0.15) is 5.26 Å². The summed E-state index contributed by atoms with van der Waals surface area (Å²) in [6.07, 6.45) is 0.381. The molecule has 1 aliphatic heterocycles. The molecule has 1 aliphatic rings. The fourth-order valence-electron chi connectivity index (χ4n) is 2.79. The molecule has 5 nitrogen and oxygen atoms in total. The SMILES string of the molecule is Cc1ccc(N2C(=O)[C@@H](Cc3ccccc3Cl)S/C2=C(\C#N)C(N)=O)cc1. The van der Waals surface area contributed by atoms with E-state index in [-0.39, 0.29) is 16.5 Å². The maximum atomic E-state index is 13.1. The van der Waals surface area contributed by atoms with Gasteiger partial charge in [-0.25, -0.2) is 0 Å². The lowest BCUT2D eigenvalue weighted by Crippen LogP contribution is -2.31. The van der Waals surface area contributed by atoms with E-state index >= 15 is 0 Å². The largest absolute Gasteiger partial charge is 0.365 e.